The zero-order valence-corrected chi connectivity index (χ0v) is 22.9. The number of nitrogens with zero attached hydrogens (tertiary/aromatic N) is 6. The van der Waals surface area contributed by atoms with Crippen molar-refractivity contribution in [3.8, 4) is 17.3 Å². The molecule has 2 saturated carbocycles. The lowest BCUT2D eigenvalue weighted by molar-refractivity contribution is -0.111. The largest absolute Gasteiger partial charge is 0.480 e. The van der Waals surface area contributed by atoms with Gasteiger partial charge in [-0.1, -0.05) is 26.2 Å². The third-order valence-electron chi connectivity index (χ3n) is 6.89. The van der Waals surface area contributed by atoms with E-state index in [9.17, 15) is 4.79 Å². The van der Waals surface area contributed by atoms with Crippen LogP contribution in [0.5, 0.6) is 5.88 Å². The van der Waals surface area contributed by atoms with Crippen LogP contribution in [0.2, 0.25) is 0 Å². The lowest BCUT2D eigenvalue weighted by atomic mass is 9.82. The zero-order valence-electron chi connectivity index (χ0n) is 22.1. The molecule has 0 aliphatic heterocycles. The number of ether oxygens (including phenoxy) is 1. The summed E-state index contributed by atoms with van der Waals surface area (Å²) in [7, 11) is 1.61. The Balaban J connectivity index is 1.44. The van der Waals surface area contributed by atoms with Crippen LogP contribution in [0.15, 0.2) is 40.7 Å². The highest BCUT2D eigenvalue weighted by Crippen LogP contribution is 2.45. The Labute approximate surface area is 227 Å². The first-order valence-electron chi connectivity index (χ1n) is 13.2. The molecular weight excluding hydrogens is 498 g/mol. The van der Waals surface area contributed by atoms with Crippen LogP contribution in [0, 0.1) is 5.92 Å². The first-order chi connectivity index (χ1) is 18.6. The van der Waals surface area contributed by atoms with E-state index < -0.39 is 0 Å². The number of pyridine rings is 1. The fourth-order valence-electron chi connectivity index (χ4n) is 4.46. The summed E-state index contributed by atoms with van der Waals surface area (Å²) >= 11 is 1.74. The average molecular weight is 532 g/mol. The standard InChI is InChI=1S/C28H33N7O2S/c1-4-38-21-11-10-20(29-14-21)13-30-26(17(2)36)35-23-15-31-27(34-22(23)12-18-6-5-7-18)24-25(19-8-9-19)32-16-33-28(24)37-3/h10-11,14-16,18-19H,4-9,12-13H2,1-3H3,(H,30,35). The molecule has 0 aromatic carbocycles. The monoisotopic (exact) mass is 531 g/mol. The number of carbonyl (C=O) groups excluding carboxylic acids is 1. The molecule has 9 nitrogen and oxygen atoms in total. The van der Waals surface area contributed by atoms with Gasteiger partial charge in [-0.15, -0.1) is 11.8 Å². The van der Waals surface area contributed by atoms with Crippen LogP contribution in [-0.2, 0) is 17.8 Å². The van der Waals surface area contributed by atoms with Gasteiger partial charge in [0.2, 0.25) is 5.88 Å². The highest BCUT2D eigenvalue weighted by Gasteiger charge is 2.32. The molecule has 5 rings (SSSR count). The lowest BCUT2D eigenvalue weighted by Crippen LogP contribution is -2.23. The Morgan fingerprint density at radius 1 is 1.13 bits per heavy atom. The molecule has 1 N–H and O–H groups in total. The molecule has 0 bridgehead atoms. The lowest BCUT2D eigenvalue weighted by Gasteiger charge is -2.26. The van der Waals surface area contributed by atoms with E-state index in [2.05, 4.69) is 37.2 Å². The summed E-state index contributed by atoms with van der Waals surface area (Å²) in [5, 5.41) is 3.24. The number of rotatable bonds is 11. The molecule has 0 unspecified atom stereocenters. The molecule has 2 aliphatic carbocycles. The van der Waals surface area contributed by atoms with Crippen molar-refractivity contribution in [2.45, 2.75) is 69.7 Å². The SMILES string of the molecule is CCSc1ccc(CN=C(Nc2cnc(-c3c(OC)ncnc3C3CC3)nc2CC2CCC2)C(C)=O)nc1. The van der Waals surface area contributed by atoms with Gasteiger partial charge >= 0.3 is 0 Å². The molecule has 0 amide bonds. The minimum atomic E-state index is -0.157. The molecule has 2 fully saturated rings. The molecule has 198 valence electrons. The Morgan fingerprint density at radius 2 is 1.97 bits per heavy atom. The van der Waals surface area contributed by atoms with E-state index in [1.165, 1.54) is 26.2 Å². The van der Waals surface area contributed by atoms with Crippen LogP contribution in [0.1, 0.15) is 69.0 Å². The van der Waals surface area contributed by atoms with E-state index in [4.69, 9.17) is 9.72 Å². The number of methoxy groups -OCH3 is 1. The predicted octanol–water partition coefficient (Wildman–Crippen LogP) is 5.27. The number of aliphatic imine (C=N–C) groups is 1. The van der Waals surface area contributed by atoms with Gasteiger partial charge in [0, 0.05) is 23.9 Å². The highest BCUT2D eigenvalue weighted by molar-refractivity contribution is 7.99. The number of amidine groups is 1. The zero-order chi connectivity index (χ0) is 26.5. The minimum Gasteiger partial charge on any atom is -0.480 e. The predicted molar refractivity (Wildman–Crippen MR) is 149 cm³/mol. The average Bonchev–Trinajstić information content (AvgIpc) is 3.75. The number of nitrogens with one attached hydrogen (secondary N) is 1. The molecule has 3 heterocycles. The number of Topliss-reactive ketones (excluding diaryl/α,β-unsaturated/α-hetero) is 1. The number of aromatic nitrogens is 5. The summed E-state index contributed by atoms with van der Waals surface area (Å²) in [6, 6.07) is 3.99. The molecule has 10 heteroatoms. The third-order valence-corrected chi connectivity index (χ3v) is 7.76. The second kappa shape index (κ2) is 12.0. The maximum atomic E-state index is 12.5. The van der Waals surface area contributed by atoms with E-state index in [1.807, 2.05) is 18.3 Å². The van der Waals surface area contributed by atoms with Crippen molar-refractivity contribution in [3.05, 3.63) is 47.9 Å². The Kier molecular flexibility index (Phi) is 8.26. The summed E-state index contributed by atoms with van der Waals surface area (Å²) in [6.07, 6.45) is 11.7. The summed E-state index contributed by atoms with van der Waals surface area (Å²) in [6.45, 7) is 3.92. The van der Waals surface area contributed by atoms with Gasteiger partial charge in [0.25, 0.3) is 0 Å². The number of anilines is 1. The molecule has 2 aliphatic rings. The second-order valence-corrected chi connectivity index (χ2v) is 11.1. The first-order valence-corrected chi connectivity index (χ1v) is 14.2. The quantitative estimate of drug-likeness (QED) is 0.201. The Bertz CT molecular complexity index is 1320. The van der Waals surface area contributed by atoms with Crippen molar-refractivity contribution < 1.29 is 9.53 Å². The van der Waals surface area contributed by atoms with Gasteiger partial charge in [-0.3, -0.25) is 14.8 Å². The fraction of sp³-hybridized carbons (Fsp3) is 0.464. The number of hydrogen-bond donors (Lipinski definition) is 1. The maximum absolute atomic E-state index is 12.5. The molecule has 0 spiro atoms. The molecular formula is C28H33N7O2S. The van der Waals surface area contributed by atoms with Crippen molar-refractivity contribution in [2.75, 3.05) is 18.2 Å². The smallest absolute Gasteiger partial charge is 0.227 e. The topological polar surface area (TPSA) is 115 Å². The Hall–Kier alpha value is -3.40. The number of ketones is 1. The van der Waals surface area contributed by atoms with E-state index in [1.54, 1.807) is 31.4 Å². The van der Waals surface area contributed by atoms with Crippen LogP contribution in [0.4, 0.5) is 5.69 Å². The normalized spacial score (nSPS) is 15.7. The van der Waals surface area contributed by atoms with Crippen LogP contribution in [0.3, 0.4) is 0 Å². The third kappa shape index (κ3) is 6.18. The number of thioether (sulfide) groups is 1. The van der Waals surface area contributed by atoms with Crippen molar-refractivity contribution in [1.82, 2.24) is 24.9 Å². The van der Waals surface area contributed by atoms with Gasteiger partial charge in [0.15, 0.2) is 17.4 Å². The molecule has 3 aromatic rings. The van der Waals surface area contributed by atoms with E-state index >= 15 is 0 Å². The summed E-state index contributed by atoms with van der Waals surface area (Å²) < 4.78 is 5.58. The number of hydrogen-bond acceptors (Lipinski definition) is 9. The van der Waals surface area contributed by atoms with E-state index in [-0.39, 0.29) is 11.6 Å². The van der Waals surface area contributed by atoms with Crippen LogP contribution in [0.25, 0.3) is 11.4 Å². The first kappa shape index (κ1) is 26.2. The van der Waals surface area contributed by atoms with Crippen LogP contribution in [-0.4, -0.2) is 49.4 Å². The van der Waals surface area contributed by atoms with Crippen LogP contribution >= 0.6 is 11.8 Å². The van der Waals surface area contributed by atoms with Gasteiger partial charge in [-0.2, -0.15) is 0 Å². The van der Waals surface area contributed by atoms with Gasteiger partial charge in [-0.05, 0) is 43.1 Å². The maximum Gasteiger partial charge on any atom is 0.227 e. The highest BCUT2D eigenvalue weighted by atomic mass is 32.2. The molecule has 0 radical (unpaired) electrons. The molecule has 0 atom stereocenters. The van der Waals surface area contributed by atoms with Gasteiger partial charge < -0.3 is 10.1 Å². The second-order valence-electron chi connectivity index (χ2n) is 9.74. The Morgan fingerprint density at radius 3 is 2.61 bits per heavy atom. The van der Waals surface area contributed by atoms with E-state index in [0.29, 0.717) is 35.8 Å². The van der Waals surface area contributed by atoms with Crippen molar-refractivity contribution in [3.63, 3.8) is 0 Å². The summed E-state index contributed by atoms with van der Waals surface area (Å²) in [5.41, 5.74) is 4.06. The van der Waals surface area contributed by atoms with Crippen LogP contribution < -0.4 is 10.1 Å². The van der Waals surface area contributed by atoms with Crippen molar-refractivity contribution in [1.29, 1.82) is 0 Å². The number of carbonyl (C=O) groups is 1. The van der Waals surface area contributed by atoms with E-state index in [0.717, 1.165) is 52.6 Å². The molecule has 3 aromatic heterocycles. The minimum absolute atomic E-state index is 0.157. The fourth-order valence-corrected chi connectivity index (χ4v) is 5.09. The van der Waals surface area contributed by atoms with Gasteiger partial charge in [-0.25, -0.2) is 19.9 Å². The van der Waals surface area contributed by atoms with Crippen molar-refractivity contribution >= 4 is 29.1 Å². The van der Waals surface area contributed by atoms with Gasteiger partial charge in [0.05, 0.1) is 42.6 Å². The summed E-state index contributed by atoms with van der Waals surface area (Å²) in [4.78, 5) is 41.2. The summed E-state index contributed by atoms with van der Waals surface area (Å²) in [5.74, 6) is 3.10. The van der Waals surface area contributed by atoms with Gasteiger partial charge in [0.1, 0.15) is 11.9 Å². The molecule has 0 saturated heterocycles. The van der Waals surface area contributed by atoms with Crippen molar-refractivity contribution in [2.24, 2.45) is 10.9 Å². The molecule has 38 heavy (non-hydrogen) atoms.